The molecule has 0 aliphatic carbocycles. The van der Waals surface area contributed by atoms with Gasteiger partial charge in [0, 0.05) is 37.3 Å². The minimum absolute atomic E-state index is 0.0732. The van der Waals surface area contributed by atoms with E-state index in [0.717, 1.165) is 0 Å². The van der Waals surface area contributed by atoms with Crippen LogP contribution in [0.25, 0.3) is 0 Å². The molecule has 0 fully saturated rings. The van der Waals surface area contributed by atoms with Crippen molar-refractivity contribution in [3.8, 4) is 0 Å². The third kappa shape index (κ3) is 6.03. The van der Waals surface area contributed by atoms with E-state index in [9.17, 15) is 19.7 Å². The number of methoxy groups -OCH3 is 1. The second-order valence-corrected chi connectivity index (χ2v) is 5.23. The van der Waals surface area contributed by atoms with Crippen LogP contribution in [0, 0.1) is 10.1 Å². The number of hydrogen-bond donors (Lipinski definition) is 0. The number of benzene rings is 1. The maximum Gasteiger partial charge on any atom is 0.307 e. The summed E-state index contributed by atoms with van der Waals surface area (Å²) in [6.07, 6.45) is 0.0999. The van der Waals surface area contributed by atoms with E-state index in [-0.39, 0.29) is 24.6 Å². The number of carbonyl (C=O) groups excluding carboxylic acids is 2. The van der Waals surface area contributed by atoms with Gasteiger partial charge in [0.15, 0.2) is 0 Å². The summed E-state index contributed by atoms with van der Waals surface area (Å²) >= 11 is 0. The van der Waals surface area contributed by atoms with Gasteiger partial charge in [-0.3, -0.25) is 19.7 Å². The molecule has 0 saturated heterocycles. The van der Waals surface area contributed by atoms with Crippen molar-refractivity contribution in [2.24, 2.45) is 0 Å². The van der Waals surface area contributed by atoms with Gasteiger partial charge >= 0.3 is 5.97 Å². The van der Waals surface area contributed by atoms with Gasteiger partial charge in [-0.25, -0.2) is 0 Å². The molecular weight excluding hydrogens is 302 g/mol. The highest BCUT2D eigenvalue weighted by Crippen LogP contribution is 2.14. The lowest BCUT2D eigenvalue weighted by atomic mass is 10.1. The zero-order chi connectivity index (χ0) is 17.4. The second kappa shape index (κ2) is 8.84. The highest BCUT2D eigenvalue weighted by atomic mass is 16.6. The summed E-state index contributed by atoms with van der Waals surface area (Å²) < 4.78 is 4.59. The number of esters is 1. The smallest absolute Gasteiger partial charge is 0.307 e. The highest BCUT2D eigenvalue weighted by Gasteiger charge is 2.18. The number of ether oxygens (including phenoxy) is 1. The number of nitro benzene ring substituents is 1. The van der Waals surface area contributed by atoms with Crippen LogP contribution in [0.1, 0.15) is 16.8 Å². The summed E-state index contributed by atoms with van der Waals surface area (Å²) in [6.45, 7) is 1.32. The largest absolute Gasteiger partial charge is 0.469 e. The Kier molecular flexibility index (Phi) is 7.14. The van der Waals surface area contributed by atoms with Gasteiger partial charge in [-0.05, 0) is 26.2 Å². The predicted octanol–water partition coefficient (Wildman–Crippen LogP) is 1.16. The van der Waals surface area contributed by atoms with Crippen molar-refractivity contribution in [2.75, 3.05) is 40.8 Å². The van der Waals surface area contributed by atoms with Gasteiger partial charge in [0.1, 0.15) is 0 Å². The average molecular weight is 323 g/mol. The first-order chi connectivity index (χ1) is 10.8. The maximum atomic E-state index is 12.5. The standard InChI is InChI=1S/C15H21N3O5/c1-16(2)10-11-17(9-8-14(19)23-3)15(20)12-4-6-13(7-5-12)18(21)22/h4-7H,8-11H2,1-3H3. The quantitative estimate of drug-likeness (QED) is 0.405. The van der Waals surface area contributed by atoms with E-state index in [1.165, 1.54) is 36.3 Å². The van der Waals surface area contributed by atoms with Gasteiger partial charge in [0.05, 0.1) is 18.5 Å². The van der Waals surface area contributed by atoms with Crippen LogP contribution in [-0.4, -0.2) is 67.4 Å². The Balaban J connectivity index is 2.83. The van der Waals surface area contributed by atoms with Crippen LogP contribution in [0.3, 0.4) is 0 Å². The van der Waals surface area contributed by atoms with Crippen molar-refractivity contribution < 1.29 is 19.2 Å². The molecule has 1 amide bonds. The zero-order valence-electron chi connectivity index (χ0n) is 13.5. The molecule has 1 aromatic rings. The Bertz CT molecular complexity index is 557. The molecule has 1 rings (SSSR count). The van der Waals surface area contributed by atoms with Gasteiger partial charge in [-0.15, -0.1) is 0 Å². The van der Waals surface area contributed by atoms with E-state index < -0.39 is 10.9 Å². The Morgan fingerprint density at radius 2 is 1.74 bits per heavy atom. The molecule has 0 aliphatic heterocycles. The Hall–Kier alpha value is -2.48. The summed E-state index contributed by atoms with van der Waals surface area (Å²) in [4.78, 5) is 37.4. The number of amides is 1. The number of nitrogens with zero attached hydrogens (tertiary/aromatic N) is 3. The molecule has 0 bridgehead atoms. The monoisotopic (exact) mass is 323 g/mol. The first-order valence-corrected chi connectivity index (χ1v) is 7.10. The zero-order valence-corrected chi connectivity index (χ0v) is 13.5. The highest BCUT2D eigenvalue weighted by molar-refractivity contribution is 5.94. The molecule has 1 aromatic carbocycles. The molecule has 23 heavy (non-hydrogen) atoms. The van der Waals surface area contributed by atoms with Gasteiger partial charge in [0.25, 0.3) is 11.6 Å². The van der Waals surface area contributed by atoms with Gasteiger partial charge in [0.2, 0.25) is 0 Å². The lowest BCUT2D eigenvalue weighted by Crippen LogP contribution is -2.38. The molecule has 126 valence electrons. The average Bonchev–Trinajstić information content (AvgIpc) is 2.53. The van der Waals surface area contributed by atoms with E-state index in [4.69, 9.17) is 0 Å². The number of hydrogen-bond acceptors (Lipinski definition) is 6. The van der Waals surface area contributed by atoms with Crippen LogP contribution in [0.5, 0.6) is 0 Å². The van der Waals surface area contributed by atoms with Crippen LogP contribution < -0.4 is 0 Å². The Labute approximate surface area is 134 Å². The van der Waals surface area contributed by atoms with E-state index in [1.54, 1.807) is 0 Å². The number of rotatable bonds is 8. The van der Waals surface area contributed by atoms with Crippen molar-refractivity contribution in [2.45, 2.75) is 6.42 Å². The lowest BCUT2D eigenvalue weighted by Gasteiger charge is -2.24. The number of likely N-dealkylation sites (N-methyl/N-ethyl adjacent to an activating group) is 1. The van der Waals surface area contributed by atoms with Crippen LogP contribution >= 0.6 is 0 Å². The van der Waals surface area contributed by atoms with Crippen molar-refractivity contribution in [3.05, 3.63) is 39.9 Å². The third-order valence-corrected chi connectivity index (χ3v) is 3.24. The SMILES string of the molecule is COC(=O)CCN(CCN(C)C)C(=O)c1ccc([N+](=O)[O-])cc1. The molecular formula is C15H21N3O5. The van der Waals surface area contributed by atoms with Crippen molar-refractivity contribution >= 4 is 17.6 Å². The van der Waals surface area contributed by atoms with Gasteiger partial charge in [-0.1, -0.05) is 0 Å². The summed E-state index contributed by atoms with van der Waals surface area (Å²) in [5.74, 6) is -0.665. The first-order valence-electron chi connectivity index (χ1n) is 7.10. The first kappa shape index (κ1) is 18.6. The number of non-ortho nitro benzene ring substituents is 1. The summed E-state index contributed by atoms with van der Waals surface area (Å²) in [5, 5.41) is 10.7. The molecule has 0 radical (unpaired) electrons. The van der Waals surface area contributed by atoms with Crippen LogP contribution in [0.2, 0.25) is 0 Å². The van der Waals surface area contributed by atoms with Crippen LogP contribution in [0.4, 0.5) is 5.69 Å². The lowest BCUT2D eigenvalue weighted by molar-refractivity contribution is -0.384. The van der Waals surface area contributed by atoms with Crippen LogP contribution in [0.15, 0.2) is 24.3 Å². The molecule has 0 aromatic heterocycles. The van der Waals surface area contributed by atoms with E-state index >= 15 is 0 Å². The summed E-state index contributed by atoms with van der Waals surface area (Å²) in [6, 6.07) is 5.41. The van der Waals surface area contributed by atoms with E-state index in [0.29, 0.717) is 18.7 Å². The van der Waals surface area contributed by atoms with E-state index in [1.807, 2.05) is 19.0 Å². The van der Waals surface area contributed by atoms with Crippen molar-refractivity contribution in [1.29, 1.82) is 0 Å². The van der Waals surface area contributed by atoms with Crippen molar-refractivity contribution in [1.82, 2.24) is 9.80 Å². The normalized spacial score (nSPS) is 10.4. The molecule has 8 nitrogen and oxygen atoms in total. The fourth-order valence-corrected chi connectivity index (χ4v) is 1.87. The molecule has 0 spiro atoms. The molecule has 8 heteroatoms. The molecule has 0 saturated carbocycles. The van der Waals surface area contributed by atoms with Crippen LogP contribution in [-0.2, 0) is 9.53 Å². The minimum Gasteiger partial charge on any atom is -0.469 e. The minimum atomic E-state index is -0.519. The summed E-state index contributed by atoms with van der Waals surface area (Å²) in [7, 11) is 5.06. The molecule has 0 atom stereocenters. The maximum absolute atomic E-state index is 12.5. The van der Waals surface area contributed by atoms with Gasteiger partial charge < -0.3 is 14.5 Å². The second-order valence-electron chi connectivity index (χ2n) is 5.23. The fraction of sp³-hybridized carbons (Fsp3) is 0.467. The predicted molar refractivity (Wildman–Crippen MR) is 84.2 cm³/mol. The van der Waals surface area contributed by atoms with E-state index in [2.05, 4.69) is 4.74 Å². The van der Waals surface area contributed by atoms with Gasteiger partial charge in [-0.2, -0.15) is 0 Å². The Morgan fingerprint density at radius 3 is 2.22 bits per heavy atom. The fourth-order valence-electron chi connectivity index (χ4n) is 1.87. The molecule has 0 aliphatic rings. The third-order valence-electron chi connectivity index (χ3n) is 3.24. The topological polar surface area (TPSA) is 93.0 Å². The Morgan fingerprint density at radius 1 is 1.13 bits per heavy atom. The van der Waals surface area contributed by atoms with Crippen molar-refractivity contribution in [3.63, 3.8) is 0 Å². The summed E-state index contributed by atoms with van der Waals surface area (Å²) in [5.41, 5.74) is 0.273. The molecule has 0 heterocycles. The molecule has 0 unspecified atom stereocenters. The number of carbonyl (C=O) groups is 2. The molecule has 0 N–H and O–H groups in total. The number of nitro groups is 1.